The van der Waals surface area contributed by atoms with E-state index >= 15 is 0 Å². The van der Waals surface area contributed by atoms with Gasteiger partial charge in [0.2, 0.25) is 5.91 Å². The summed E-state index contributed by atoms with van der Waals surface area (Å²) in [5, 5.41) is 5.97. The van der Waals surface area contributed by atoms with E-state index in [1.54, 1.807) is 0 Å². The minimum absolute atomic E-state index is 0.00630. The minimum Gasteiger partial charge on any atom is -0.363 e. The topological polar surface area (TPSA) is 50.4 Å². The van der Waals surface area contributed by atoms with Crippen molar-refractivity contribution >= 4 is 5.91 Å². The summed E-state index contributed by atoms with van der Waals surface area (Å²) in [5.74, 6) is -2.05. The molecule has 1 aromatic rings. The lowest BCUT2D eigenvalue weighted by Gasteiger charge is -2.31. The predicted octanol–water partition coefficient (Wildman–Crippen LogP) is 2.55. The van der Waals surface area contributed by atoms with Gasteiger partial charge in [-0.1, -0.05) is 12.1 Å². The Morgan fingerprint density at radius 2 is 2.22 bits per heavy atom. The van der Waals surface area contributed by atoms with Gasteiger partial charge in [-0.05, 0) is 39.3 Å². The van der Waals surface area contributed by atoms with Crippen molar-refractivity contribution in [1.82, 2.24) is 10.6 Å². The maximum absolute atomic E-state index is 14.2. The zero-order valence-electron chi connectivity index (χ0n) is 13.6. The molecule has 1 amide bonds. The summed E-state index contributed by atoms with van der Waals surface area (Å²) in [6, 6.07) is 4.08. The van der Waals surface area contributed by atoms with Crippen LogP contribution in [0, 0.1) is 17.6 Å². The zero-order chi connectivity index (χ0) is 16.8. The van der Waals surface area contributed by atoms with Crippen molar-refractivity contribution in [2.75, 3.05) is 19.7 Å². The number of carbonyl (C=O) groups excluding carboxylic acids is 1. The number of rotatable bonds is 6. The van der Waals surface area contributed by atoms with Crippen LogP contribution in [0.2, 0.25) is 0 Å². The van der Waals surface area contributed by atoms with Crippen molar-refractivity contribution < 1.29 is 18.3 Å². The van der Waals surface area contributed by atoms with Crippen LogP contribution in [0.15, 0.2) is 18.2 Å². The fourth-order valence-electron chi connectivity index (χ4n) is 2.89. The smallest absolute Gasteiger partial charge is 0.246 e. The van der Waals surface area contributed by atoms with Gasteiger partial charge in [-0.2, -0.15) is 0 Å². The highest BCUT2D eigenvalue weighted by molar-refractivity contribution is 5.77. The van der Waals surface area contributed by atoms with Gasteiger partial charge in [0, 0.05) is 24.1 Å². The van der Waals surface area contributed by atoms with Crippen molar-refractivity contribution in [3.8, 4) is 0 Å². The van der Waals surface area contributed by atoms with Crippen LogP contribution in [-0.2, 0) is 9.53 Å². The fraction of sp³-hybridized carbons (Fsp3) is 0.588. The Morgan fingerprint density at radius 1 is 1.43 bits per heavy atom. The van der Waals surface area contributed by atoms with Crippen molar-refractivity contribution in [2.45, 2.75) is 38.8 Å². The second-order valence-corrected chi connectivity index (χ2v) is 6.20. The molecule has 128 valence electrons. The van der Waals surface area contributed by atoms with E-state index in [2.05, 4.69) is 10.6 Å². The van der Waals surface area contributed by atoms with Gasteiger partial charge in [-0.15, -0.1) is 0 Å². The molecule has 2 rings (SSSR count). The molecule has 0 aliphatic carbocycles. The summed E-state index contributed by atoms with van der Waals surface area (Å²) < 4.78 is 33.4. The number of benzene rings is 1. The Hall–Kier alpha value is -1.53. The molecule has 0 bridgehead atoms. The van der Waals surface area contributed by atoms with Gasteiger partial charge in [0.15, 0.2) is 11.6 Å². The second kappa shape index (κ2) is 8.36. The average Bonchev–Trinajstić information content (AvgIpc) is 2.52. The maximum Gasteiger partial charge on any atom is 0.246 e. The molecule has 1 aromatic carbocycles. The van der Waals surface area contributed by atoms with Gasteiger partial charge < -0.3 is 15.4 Å². The Labute approximate surface area is 135 Å². The van der Waals surface area contributed by atoms with E-state index in [1.807, 2.05) is 13.8 Å². The van der Waals surface area contributed by atoms with E-state index < -0.39 is 17.7 Å². The average molecular weight is 326 g/mol. The lowest BCUT2D eigenvalue weighted by molar-refractivity contribution is -0.130. The monoisotopic (exact) mass is 326 g/mol. The SMILES string of the molecule is CC(C)NC(=O)COC(c1cccc(F)c1F)C1CCCNC1. The molecule has 2 atom stereocenters. The summed E-state index contributed by atoms with van der Waals surface area (Å²) in [4.78, 5) is 11.8. The highest BCUT2D eigenvalue weighted by atomic mass is 19.2. The Morgan fingerprint density at radius 3 is 2.87 bits per heavy atom. The highest BCUT2D eigenvalue weighted by Gasteiger charge is 2.29. The molecule has 2 N–H and O–H groups in total. The van der Waals surface area contributed by atoms with E-state index in [-0.39, 0.29) is 30.0 Å². The van der Waals surface area contributed by atoms with Crippen LogP contribution in [0.4, 0.5) is 8.78 Å². The van der Waals surface area contributed by atoms with Crippen LogP contribution in [0.1, 0.15) is 38.4 Å². The van der Waals surface area contributed by atoms with Gasteiger partial charge in [0.05, 0.1) is 6.10 Å². The van der Waals surface area contributed by atoms with Gasteiger partial charge in [-0.25, -0.2) is 8.78 Å². The maximum atomic E-state index is 14.2. The Kier molecular flexibility index (Phi) is 6.47. The first-order valence-corrected chi connectivity index (χ1v) is 8.04. The van der Waals surface area contributed by atoms with E-state index in [0.717, 1.165) is 25.5 Å². The molecule has 0 spiro atoms. The lowest BCUT2D eigenvalue weighted by Crippen LogP contribution is -2.37. The third-order valence-electron chi connectivity index (χ3n) is 3.89. The molecule has 23 heavy (non-hydrogen) atoms. The van der Waals surface area contributed by atoms with E-state index in [4.69, 9.17) is 4.74 Å². The molecule has 0 aromatic heterocycles. The van der Waals surface area contributed by atoms with Gasteiger partial charge in [0.25, 0.3) is 0 Å². The Bertz CT molecular complexity index is 531. The summed E-state index contributed by atoms with van der Waals surface area (Å²) in [6.45, 7) is 5.10. The first-order valence-electron chi connectivity index (χ1n) is 8.04. The van der Waals surface area contributed by atoms with Crippen LogP contribution in [0.25, 0.3) is 0 Å². The van der Waals surface area contributed by atoms with Crippen molar-refractivity contribution in [3.63, 3.8) is 0 Å². The molecule has 1 heterocycles. The zero-order valence-corrected chi connectivity index (χ0v) is 13.6. The van der Waals surface area contributed by atoms with Gasteiger partial charge in [-0.3, -0.25) is 4.79 Å². The summed E-state index contributed by atoms with van der Waals surface area (Å²) in [6.07, 6.45) is 1.15. The number of nitrogens with one attached hydrogen (secondary N) is 2. The number of hydrogen-bond donors (Lipinski definition) is 2. The molecule has 1 saturated heterocycles. The number of hydrogen-bond acceptors (Lipinski definition) is 3. The molecule has 2 unspecified atom stereocenters. The van der Waals surface area contributed by atoms with Crippen molar-refractivity contribution in [1.29, 1.82) is 0 Å². The van der Waals surface area contributed by atoms with E-state index in [1.165, 1.54) is 12.1 Å². The number of ether oxygens (including phenoxy) is 1. The van der Waals surface area contributed by atoms with Crippen LogP contribution in [0.5, 0.6) is 0 Å². The normalized spacial score (nSPS) is 19.6. The third-order valence-corrected chi connectivity index (χ3v) is 3.89. The summed E-state index contributed by atoms with van der Waals surface area (Å²) in [5.41, 5.74) is 0.177. The molecular weight excluding hydrogens is 302 g/mol. The molecule has 1 fully saturated rings. The lowest BCUT2D eigenvalue weighted by atomic mass is 9.89. The third kappa shape index (κ3) is 4.97. The molecule has 4 nitrogen and oxygen atoms in total. The predicted molar refractivity (Wildman–Crippen MR) is 83.9 cm³/mol. The largest absolute Gasteiger partial charge is 0.363 e. The number of piperidine rings is 1. The first kappa shape index (κ1) is 17.8. The van der Waals surface area contributed by atoms with Gasteiger partial charge in [0.1, 0.15) is 6.61 Å². The molecule has 1 aliphatic rings. The number of halogens is 2. The molecule has 1 aliphatic heterocycles. The van der Waals surface area contributed by atoms with Crippen LogP contribution in [0.3, 0.4) is 0 Å². The number of carbonyl (C=O) groups is 1. The molecule has 0 radical (unpaired) electrons. The van der Waals surface area contributed by atoms with E-state index in [9.17, 15) is 13.6 Å². The standard InChI is InChI=1S/C17H24F2N2O2/c1-11(2)21-15(22)10-23-17(12-5-4-8-20-9-12)13-6-3-7-14(18)16(13)19/h3,6-7,11-12,17,20H,4-5,8-10H2,1-2H3,(H,21,22). The molecule has 6 heteroatoms. The first-order chi connectivity index (χ1) is 11.0. The fourth-order valence-corrected chi connectivity index (χ4v) is 2.89. The van der Waals surface area contributed by atoms with Gasteiger partial charge >= 0.3 is 0 Å². The van der Waals surface area contributed by atoms with Crippen molar-refractivity contribution in [2.24, 2.45) is 5.92 Å². The van der Waals surface area contributed by atoms with Crippen LogP contribution in [-0.4, -0.2) is 31.6 Å². The van der Waals surface area contributed by atoms with Crippen LogP contribution >= 0.6 is 0 Å². The van der Waals surface area contributed by atoms with E-state index in [0.29, 0.717) is 6.54 Å². The van der Waals surface area contributed by atoms with Crippen molar-refractivity contribution in [3.05, 3.63) is 35.4 Å². The summed E-state index contributed by atoms with van der Waals surface area (Å²) >= 11 is 0. The second-order valence-electron chi connectivity index (χ2n) is 6.20. The van der Waals surface area contributed by atoms with Crippen LogP contribution < -0.4 is 10.6 Å². The Balaban J connectivity index is 2.14. The summed E-state index contributed by atoms with van der Waals surface area (Å²) in [7, 11) is 0. The molecule has 0 saturated carbocycles. The minimum atomic E-state index is -0.897. The number of amides is 1. The quantitative estimate of drug-likeness (QED) is 0.845. The highest BCUT2D eigenvalue weighted by Crippen LogP contribution is 2.32. The molecular formula is C17H24F2N2O2.